The van der Waals surface area contributed by atoms with E-state index in [0.717, 1.165) is 0 Å². The SMILES string of the molecule is Nc1ccc(S(=O)(=O)Nc2nccs2)c(Cl)c1. The maximum absolute atomic E-state index is 12.0. The number of nitrogens with one attached hydrogen (secondary N) is 1. The van der Waals surface area contributed by atoms with Crippen LogP contribution in [0.3, 0.4) is 0 Å². The van der Waals surface area contributed by atoms with Gasteiger partial charge in [-0.15, -0.1) is 11.3 Å². The molecule has 0 bridgehead atoms. The van der Waals surface area contributed by atoms with Crippen LogP contribution in [0.5, 0.6) is 0 Å². The number of hydrogen-bond acceptors (Lipinski definition) is 5. The van der Waals surface area contributed by atoms with E-state index in [0.29, 0.717) is 5.69 Å². The van der Waals surface area contributed by atoms with E-state index in [9.17, 15) is 8.42 Å². The van der Waals surface area contributed by atoms with Gasteiger partial charge in [0.1, 0.15) is 4.90 Å². The first kappa shape index (κ1) is 12.2. The second kappa shape index (κ2) is 4.52. The van der Waals surface area contributed by atoms with E-state index in [1.807, 2.05) is 0 Å². The summed E-state index contributed by atoms with van der Waals surface area (Å²) >= 11 is 7.02. The van der Waals surface area contributed by atoms with Crippen molar-refractivity contribution in [1.82, 2.24) is 4.98 Å². The molecule has 90 valence electrons. The van der Waals surface area contributed by atoms with Crippen molar-refractivity contribution < 1.29 is 8.42 Å². The predicted octanol–water partition coefficient (Wildman–Crippen LogP) is 2.18. The summed E-state index contributed by atoms with van der Waals surface area (Å²) in [4.78, 5) is 3.81. The van der Waals surface area contributed by atoms with Crippen molar-refractivity contribution in [3.05, 3.63) is 34.8 Å². The Morgan fingerprint density at radius 3 is 2.76 bits per heavy atom. The third kappa shape index (κ3) is 2.68. The van der Waals surface area contributed by atoms with Crippen LogP contribution in [-0.2, 0) is 10.0 Å². The number of hydrogen-bond donors (Lipinski definition) is 2. The lowest BCUT2D eigenvalue weighted by atomic mass is 10.3. The van der Waals surface area contributed by atoms with Gasteiger partial charge in [0.25, 0.3) is 10.0 Å². The van der Waals surface area contributed by atoms with Crippen molar-refractivity contribution in [1.29, 1.82) is 0 Å². The Morgan fingerprint density at radius 2 is 2.18 bits per heavy atom. The number of benzene rings is 1. The number of aromatic nitrogens is 1. The highest BCUT2D eigenvalue weighted by Crippen LogP contribution is 2.26. The van der Waals surface area contributed by atoms with E-state index in [-0.39, 0.29) is 15.0 Å². The van der Waals surface area contributed by atoms with Crippen LogP contribution in [0.25, 0.3) is 0 Å². The molecule has 0 atom stereocenters. The summed E-state index contributed by atoms with van der Waals surface area (Å²) in [5.41, 5.74) is 5.90. The van der Waals surface area contributed by atoms with Gasteiger partial charge in [-0.2, -0.15) is 0 Å². The van der Waals surface area contributed by atoms with E-state index < -0.39 is 10.0 Å². The molecule has 2 aromatic rings. The zero-order valence-corrected chi connectivity index (χ0v) is 10.8. The quantitative estimate of drug-likeness (QED) is 0.848. The Bertz CT molecular complexity index is 626. The summed E-state index contributed by atoms with van der Waals surface area (Å²) in [7, 11) is -3.72. The lowest BCUT2D eigenvalue weighted by Gasteiger charge is -2.07. The average molecular weight is 290 g/mol. The van der Waals surface area contributed by atoms with E-state index in [4.69, 9.17) is 17.3 Å². The van der Waals surface area contributed by atoms with Gasteiger partial charge in [-0.3, -0.25) is 4.72 Å². The molecule has 5 nitrogen and oxygen atoms in total. The minimum Gasteiger partial charge on any atom is -0.399 e. The summed E-state index contributed by atoms with van der Waals surface area (Å²) in [5.74, 6) is 0. The summed E-state index contributed by atoms with van der Waals surface area (Å²) < 4.78 is 26.3. The molecule has 0 radical (unpaired) electrons. The van der Waals surface area contributed by atoms with Crippen LogP contribution in [0, 0.1) is 0 Å². The Morgan fingerprint density at radius 1 is 1.41 bits per heavy atom. The standard InChI is InChI=1S/C9H8ClN3O2S2/c10-7-5-6(11)1-2-8(7)17(14,15)13-9-12-3-4-16-9/h1-5H,11H2,(H,12,13). The number of anilines is 2. The molecular weight excluding hydrogens is 282 g/mol. The first-order valence-corrected chi connectivity index (χ1v) is 7.20. The van der Waals surface area contributed by atoms with E-state index in [2.05, 4.69) is 9.71 Å². The third-order valence-electron chi connectivity index (χ3n) is 1.90. The molecule has 0 spiro atoms. The molecule has 0 aliphatic rings. The summed E-state index contributed by atoms with van der Waals surface area (Å²) in [6.45, 7) is 0. The van der Waals surface area contributed by atoms with Gasteiger partial charge in [0.15, 0.2) is 5.13 Å². The van der Waals surface area contributed by atoms with Crippen molar-refractivity contribution in [2.45, 2.75) is 4.90 Å². The lowest BCUT2D eigenvalue weighted by molar-refractivity contribution is 0.601. The number of nitrogens with two attached hydrogens (primary N) is 1. The molecular formula is C9H8ClN3O2S2. The predicted molar refractivity (Wildman–Crippen MR) is 68.8 cm³/mol. The van der Waals surface area contributed by atoms with Crippen LogP contribution in [0.4, 0.5) is 10.8 Å². The van der Waals surface area contributed by atoms with Crippen molar-refractivity contribution in [2.75, 3.05) is 10.5 Å². The second-order valence-electron chi connectivity index (χ2n) is 3.13. The Labute approximate surface area is 107 Å². The van der Waals surface area contributed by atoms with E-state index in [1.54, 1.807) is 5.38 Å². The first-order chi connectivity index (χ1) is 7.99. The number of nitrogen functional groups attached to an aromatic ring is 1. The smallest absolute Gasteiger partial charge is 0.265 e. The van der Waals surface area contributed by atoms with Gasteiger partial charge in [-0.1, -0.05) is 11.6 Å². The fourth-order valence-corrected chi connectivity index (χ4v) is 3.52. The number of sulfonamides is 1. The molecule has 2 rings (SSSR count). The maximum atomic E-state index is 12.0. The zero-order chi connectivity index (χ0) is 12.5. The van der Waals surface area contributed by atoms with Crippen molar-refractivity contribution in [3.63, 3.8) is 0 Å². The third-order valence-corrected chi connectivity index (χ3v) is 4.54. The maximum Gasteiger partial charge on any atom is 0.265 e. The molecule has 1 aromatic heterocycles. The number of thiazole rings is 1. The van der Waals surface area contributed by atoms with Crippen LogP contribution < -0.4 is 10.5 Å². The van der Waals surface area contributed by atoms with Gasteiger partial charge in [-0.25, -0.2) is 13.4 Å². The fourth-order valence-electron chi connectivity index (χ4n) is 1.18. The normalized spacial score (nSPS) is 11.4. The molecule has 1 heterocycles. The summed E-state index contributed by atoms with van der Waals surface area (Å²) in [6, 6.07) is 4.22. The van der Waals surface area contributed by atoms with Gasteiger partial charge in [0, 0.05) is 17.3 Å². The van der Waals surface area contributed by atoms with Crippen LogP contribution in [-0.4, -0.2) is 13.4 Å². The van der Waals surface area contributed by atoms with Crippen molar-refractivity contribution >= 4 is 43.8 Å². The molecule has 1 aromatic carbocycles. The van der Waals surface area contributed by atoms with Gasteiger partial charge in [-0.05, 0) is 18.2 Å². The molecule has 0 aliphatic heterocycles. The minimum atomic E-state index is -3.72. The Hall–Kier alpha value is -1.31. The second-order valence-corrected chi connectivity index (χ2v) is 6.09. The van der Waals surface area contributed by atoms with Crippen molar-refractivity contribution in [2.24, 2.45) is 0 Å². The highest BCUT2D eigenvalue weighted by molar-refractivity contribution is 7.93. The lowest BCUT2D eigenvalue weighted by Crippen LogP contribution is -2.13. The average Bonchev–Trinajstić information content (AvgIpc) is 2.68. The Kier molecular flexibility index (Phi) is 3.23. The van der Waals surface area contributed by atoms with Crippen molar-refractivity contribution in [3.8, 4) is 0 Å². The zero-order valence-electron chi connectivity index (χ0n) is 8.42. The molecule has 17 heavy (non-hydrogen) atoms. The molecule has 0 aliphatic carbocycles. The monoisotopic (exact) mass is 289 g/mol. The van der Waals surface area contributed by atoms with Gasteiger partial charge in [0.2, 0.25) is 0 Å². The highest BCUT2D eigenvalue weighted by atomic mass is 35.5. The number of rotatable bonds is 3. The highest BCUT2D eigenvalue weighted by Gasteiger charge is 2.18. The number of halogens is 1. The molecule has 0 saturated carbocycles. The summed E-state index contributed by atoms with van der Waals surface area (Å²) in [6.07, 6.45) is 1.51. The van der Waals surface area contributed by atoms with Gasteiger partial charge < -0.3 is 5.73 Å². The molecule has 0 fully saturated rings. The first-order valence-electron chi connectivity index (χ1n) is 4.46. The number of nitrogens with zero attached hydrogens (tertiary/aromatic N) is 1. The van der Waals surface area contributed by atoms with E-state index in [1.165, 1.54) is 35.7 Å². The molecule has 0 amide bonds. The Balaban J connectivity index is 2.38. The molecule has 0 saturated heterocycles. The van der Waals surface area contributed by atoms with E-state index >= 15 is 0 Å². The van der Waals surface area contributed by atoms with Gasteiger partial charge >= 0.3 is 0 Å². The van der Waals surface area contributed by atoms with Gasteiger partial charge in [0.05, 0.1) is 5.02 Å². The topological polar surface area (TPSA) is 85.1 Å². The minimum absolute atomic E-state index is 0.0245. The van der Waals surface area contributed by atoms with Crippen LogP contribution in [0.1, 0.15) is 0 Å². The van der Waals surface area contributed by atoms with Crippen LogP contribution in [0.15, 0.2) is 34.7 Å². The van der Waals surface area contributed by atoms with Crippen LogP contribution in [0.2, 0.25) is 5.02 Å². The largest absolute Gasteiger partial charge is 0.399 e. The molecule has 0 unspecified atom stereocenters. The summed E-state index contributed by atoms with van der Waals surface area (Å²) in [5, 5.41) is 2.04. The molecule has 3 N–H and O–H groups in total. The molecule has 8 heteroatoms. The fraction of sp³-hybridized carbons (Fsp3) is 0. The van der Waals surface area contributed by atoms with Crippen LogP contribution >= 0.6 is 22.9 Å².